The number of imidazole rings is 1. The maximum atomic E-state index is 12.1. The van der Waals surface area contributed by atoms with Gasteiger partial charge in [0.2, 0.25) is 10.0 Å². The largest absolute Gasteiger partial charge is 0.382 e. The van der Waals surface area contributed by atoms with Crippen molar-refractivity contribution in [3.8, 4) is 0 Å². The predicted octanol–water partition coefficient (Wildman–Crippen LogP) is 2.27. The molecule has 0 aromatic carbocycles. The zero-order chi connectivity index (χ0) is 21.1. The first-order valence-corrected chi connectivity index (χ1v) is 11.3. The number of pyridine rings is 1. The van der Waals surface area contributed by atoms with Gasteiger partial charge in [0.1, 0.15) is 11.3 Å². The monoisotopic (exact) mass is 411 g/mol. The van der Waals surface area contributed by atoms with E-state index in [0.717, 1.165) is 41.0 Å². The molecule has 0 fully saturated rings. The number of nitrogens with zero attached hydrogens (tertiary/aromatic N) is 4. The van der Waals surface area contributed by atoms with Crippen LogP contribution in [0, 0.1) is 13.8 Å². The average molecular weight is 412 g/mol. The molecule has 9 heteroatoms. The van der Waals surface area contributed by atoms with Gasteiger partial charge >= 0.3 is 0 Å². The smallest absolute Gasteiger partial charge is 0.216 e. The fraction of sp³-hybridized carbons (Fsp3) is 0.684. The molecule has 28 heavy (non-hydrogen) atoms. The molecule has 2 heterocycles. The number of hydrogen-bond donors (Lipinski definition) is 1. The zero-order valence-electron chi connectivity index (χ0n) is 17.8. The van der Waals surface area contributed by atoms with Crippen LogP contribution in [0.1, 0.15) is 44.3 Å². The fourth-order valence-corrected chi connectivity index (χ4v) is 4.19. The Bertz CT molecular complexity index is 922. The molecule has 0 atom stereocenters. The SMILES string of the molecule is CCCc1nc2c(N)nc(C)c(C)c2n1CCOCCN(C)S(=O)(=O)C(C)C. The Balaban J connectivity index is 2.09. The number of likely N-dealkylation sites (N-methyl/N-ethyl adjacent to an activating group) is 1. The average Bonchev–Trinajstić information content (AvgIpc) is 2.98. The van der Waals surface area contributed by atoms with Gasteiger partial charge < -0.3 is 15.0 Å². The summed E-state index contributed by atoms with van der Waals surface area (Å²) in [5.41, 5.74) is 9.82. The highest BCUT2D eigenvalue weighted by molar-refractivity contribution is 7.89. The van der Waals surface area contributed by atoms with Gasteiger partial charge in [-0.2, -0.15) is 0 Å². The lowest BCUT2D eigenvalue weighted by Gasteiger charge is -2.19. The van der Waals surface area contributed by atoms with Gasteiger partial charge in [0.15, 0.2) is 5.82 Å². The molecule has 0 radical (unpaired) electrons. The van der Waals surface area contributed by atoms with Crippen molar-refractivity contribution in [2.24, 2.45) is 0 Å². The van der Waals surface area contributed by atoms with Crippen LogP contribution in [-0.2, 0) is 27.7 Å². The Kier molecular flexibility index (Phi) is 7.41. The molecule has 0 aliphatic heterocycles. The van der Waals surface area contributed by atoms with Crippen molar-refractivity contribution in [1.29, 1.82) is 0 Å². The van der Waals surface area contributed by atoms with E-state index in [0.29, 0.717) is 32.1 Å². The maximum Gasteiger partial charge on any atom is 0.216 e. The van der Waals surface area contributed by atoms with Crippen molar-refractivity contribution < 1.29 is 13.2 Å². The van der Waals surface area contributed by atoms with Crippen LogP contribution >= 0.6 is 0 Å². The molecule has 2 aromatic heterocycles. The van der Waals surface area contributed by atoms with Crippen LogP contribution in [0.3, 0.4) is 0 Å². The van der Waals surface area contributed by atoms with E-state index in [1.165, 1.54) is 4.31 Å². The highest BCUT2D eigenvalue weighted by atomic mass is 32.2. The molecule has 2 rings (SSSR count). The van der Waals surface area contributed by atoms with Crippen LogP contribution in [0.15, 0.2) is 0 Å². The van der Waals surface area contributed by atoms with Gasteiger partial charge in [-0.3, -0.25) is 0 Å². The second-order valence-electron chi connectivity index (χ2n) is 7.36. The Morgan fingerprint density at radius 3 is 2.50 bits per heavy atom. The molecular weight excluding hydrogens is 378 g/mol. The number of aromatic nitrogens is 3. The summed E-state index contributed by atoms with van der Waals surface area (Å²) >= 11 is 0. The minimum atomic E-state index is -3.25. The zero-order valence-corrected chi connectivity index (χ0v) is 18.6. The topological polar surface area (TPSA) is 103 Å². The Morgan fingerprint density at radius 1 is 1.21 bits per heavy atom. The number of aryl methyl sites for hydroxylation is 3. The number of nitrogens with two attached hydrogens (primary N) is 1. The summed E-state index contributed by atoms with van der Waals surface area (Å²) in [6.07, 6.45) is 1.83. The third-order valence-corrected chi connectivity index (χ3v) is 7.23. The molecule has 0 amide bonds. The van der Waals surface area contributed by atoms with E-state index in [4.69, 9.17) is 15.5 Å². The van der Waals surface area contributed by atoms with E-state index in [-0.39, 0.29) is 0 Å². The van der Waals surface area contributed by atoms with Crippen molar-refractivity contribution in [2.45, 2.75) is 59.3 Å². The van der Waals surface area contributed by atoms with Crippen LogP contribution in [0.25, 0.3) is 11.0 Å². The fourth-order valence-electron chi connectivity index (χ4n) is 3.14. The van der Waals surface area contributed by atoms with Crippen LogP contribution in [0.2, 0.25) is 0 Å². The van der Waals surface area contributed by atoms with E-state index >= 15 is 0 Å². The van der Waals surface area contributed by atoms with E-state index < -0.39 is 15.3 Å². The molecule has 158 valence electrons. The first kappa shape index (κ1) is 22.6. The quantitative estimate of drug-likeness (QED) is 0.602. The van der Waals surface area contributed by atoms with Gasteiger partial charge in [0.05, 0.1) is 24.0 Å². The van der Waals surface area contributed by atoms with E-state index in [9.17, 15) is 8.42 Å². The molecule has 0 spiro atoms. The summed E-state index contributed by atoms with van der Waals surface area (Å²) in [6, 6.07) is 0. The maximum absolute atomic E-state index is 12.1. The van der Waals surface area contributed by atoms with Gasteiger partial charge in [-0.15, -0.1) is 0 Å². The summed E-state index contributed by atoms with van der Waals surface area (Å²) in [7, 11) is -1.66. The third-order valence-electron chi connectivity index (χ3n) is 4.99. The predicted molar refractivity (Wildman–Crippen MR) is 113 cm³/mol. The van der Waals surface area contributed by atoms with Gasteiger partial charge in [-0.1, -0.05) is 6.92 Å². The second-order valence-corrected chi connectivity index (χ2v) is 9.96. The minimum Gasteiger partial charge on any atom is -0.382 e. The van der Waals surface area contributed by atoms with Crippen molar-refractivity contribution >= 4 is 26.9 Å². The van der Waals surface area contributed by atoms with Crippen molar-refractivity contribution in [3.05, 3.63) is 17.1 Å². The Hall–Kier alpha value is -1.71. The summed E-state index contributed by atoms with van der Waals surface area (Å²) < 4.78 is 33.4. The summed E-state index contributed by atoms with van der Waals surface area (Å²) in [6.45, 7) is 11.2. The third kappa shape index (κ3) is 4.64. The highest BCUT2D eigenvalue weighted by Crippen LogP contribution is 2.26. The first-order chi connectivity index (χ1) is 13.1. The van der Waals surface area contributed by atoms with Crippen molar-refractivity contribution in [3.63, 3.8) is 0 Å². The number of sulfonamides is 1. The van der Waals surface area contributed by atoms with E-state index in [2.05, 4.69) is 16.5 Å². The molecule has 0 aliphatic carbocycles. The van der Waals surface area contributed by atoms with Crippen LogP contribution in [0.4, 0.5) is 5.82 Å². The van der Waals surface area contributed by atoms with E-state index in [1.807, 2.05) is 13.8 Å². The summed E-state index contributed by atoms with van der Waals surface area (Å²) in [4.78, 5) is 9.11. The van der Waals surface area contributed by atoms with E-state index in [1.54, 1.807) is 20.9 Å². The van der Waals surface area contributed by atoms with Gasteiger partial charge in [0.25, 0.3) is 0 Å². The normalized spacial score (nSPS) is 12.6. The number of rotatable bonds is 10. The van der Waals surface area contributed by atoms with Gasteiger partial charge in [-0.05, 0) is 39.7 Å². The van der Waals surface area contributed by atoms with Crippen LogP contribution in [-0.4, -0.2) is 59.3 Å². The molecule has 0 saturated heterocycles. The summed E-state index contributed by atoms with van der Waals surface area (Å²) in [5.74, 6) is 1.43. The summed E-state index contributed by atoms with van der Waals surface area (Å²) in [5, 5.41) is -0.434. The number of nitrogen functional groups attached to an aromatic ring is 1. The molecule has 0 unspecified atom stereocenters. The molecule has 0 saturated carbocycles. The van der Waals surface area contributed by atoms with Gasteiger partial charge in [0, 0.05) is 32.3 Å². The van der Waals surface area contributed by atoms with Crippen LogP contribution in [0.5, 0.6) is 0 Å². The standard InChI is InChI=1S/C19H33N5O3S/c1-7-8-16-22-17-18(14(4)15(5)21-19(17)20)24(16)10-12-27-11-9-23(6)28(25,26)13(2)3/h13H,7-12H2,1-6H3,(H2,20,21). The first-order valence-electron chi connectivity index (χ1n) is 9.75. The number of anilines is 1. The molecule has 2 aromatic rings. The number of ether oxygens (including phenoxy) is 1. The Labute approximate surface area is 168 Å². The van der Waals surface area contributed by atoms with Gasteiger partial charge in [-0.25, -0.2) is 22.7 Å². The van der Waals surface area contributed by atoms with Crippen LogP contribution < -0.4 is 5.73 Å². The van der Waals surface area contributed by atoms with Crippen molar-refractivity contribution in [2.75, 3.05) is 32.5 Å². The lowest BCUT2D eigenvalue weighted by molar-refractivity contribution is 0.119. The molecule has 0 bridgehead atoms. The Morgan fingerprint density at radius 2 is 1.89 bits per heavy atom. The number of hydrogen-bond acceptors (Lipinski definition) is 6. The second kappa shape index (κ2) is 9.19. The molecule has 0 aliphatic rings. The van der Waals surface area contributed by atoms with Crippen molar-refractivity contribution in [1.82, 2.24) is 18.8 Å². The highest BCUT2D eigenvalue weighted by Gasteiger charge is 2.21. The number of fused-ring (bicyclic) bond motifs is 1. The minimum absolute atomic E-state index is 0.335. The lowest BCUT2D eigenvalue weighted by atomic mass is 10.2. The molecular formula is C19H33N5O3S. The molecule has 2 N–H and O–H groups in total. The molecule has 8 nitrogen and oxygen atoms in total. The lowest BCUT2D eigenvalue weighted by Crippen LogP contribution is -2.35.